The molecule has 0 aliphatic carbocycles. The maximum Gasteiger partial charge on any atom is 0.251 e. The first-order valence-corrected chi connectivity index (χ1v) is 10.5. The summed E-state index contributed by atoms with van der Waals surface area (Å²) in [5.41, 5.74) is 1.94. The van der Waals surface area contributed by atoms with E-state index in [9.17, 15) is 14.4 Å². The predicted molar refractivity (Wildman–Crippen MR) is 125 cm³/mol. The molecule has 0 saturated carbocycles. The Morgan fingerprint density at radius 2 is 1.52 bits per heavy atom. The van der Waals surface area contributed by atoms with E-state index in [1.165, 1.54) is 0 Å². The van der Waals surface area contributed by atoms with Gasteiger partial charge in [0, 0.05) is 34.6 Å². The van der Waals surface area contributed by atoms with Crippen LogP contribution in [0.15, 0.2) is 48.5 Å². The second kappa shape index (κ2) is 11.2. The molecule has 0 spiro atoms. The molecule has 31 heavy (non-hydrogen) atoms. The van der Waals surface area contributed by atoms with Crippen LogP contribution in [-0.2, 0) is 9.59 Å². The van der Waals surface area contributed by atoms with Gasteiger partial charge >= 0.3 is 0 Å². The highest BCUT2D eigenvalue weighted by Crippen LogP contribution is 2.20. The molecular weight excluding hydrogens is 392 g/mol. The quantitative estimate of drug-likeness (QED) is 0.452. The number of unbranched alkanes of at least 4 members (excludes halogenated alkanes) is 1. The van der Waals surface area contributed by atoms with Crippen LogP contribution in [0.4, 0.5) is 17.1 Å². The van der Waals surface area contributed by atoms with Crippen LogP contribution in [0.5, 0.6) is 0 Å². The first kappa shape index (κ1) is 23.9. The molecule has 0 fully saturated rings. The third-order valence-electron chi connectivity index (χ3n) is 4.48. The summed E-state index contributed by atoms with van der Waals surface area (Å²) >= 11 is 0. The molecule has 0 unspecified atom stereocenters. The number of rotatable bonds is 9. The van der Waals surface area contributed by atoms with Crippen LogP contribution in [0.2, 0.25) is 0 Å². The van der Waals surface area contributed by atoms with Crippen molar-refractivity contribution in [2.45, 2.75) is 40.5 Å². The first-order chi connectivity index (χ1) is 14.7. The fourth-order valence-corrected chi connectivity index (χ4v) is 2.63. The molecule has 0 saturated heterocycles. The Hall–Kier alpha value is -3.35. The lowest BCUT2D eigenvalue weighted by Crippen LogP contribution is -2.27. The minimum absolute atomic E-state index is 0.0452. The second-order valence-electron chi connectivity index (χ2n) is 8.38. The number of hydrogen-bond donors (Lipinski definition) is 4. The van der Waals surface area contributed by atoms with E-state index in [1.54, 1.807) is 42.5 Å². The van der Waals surface area contributed by atoms with Crippen molar-refractivity contribution in [2.24, 2.45) is 5.41 Å². The zero-order valence-corrected chi connectivity index (χ0v) is 18.7. The third-order valence-corrected chi connectivity index (χ3v) is 4.48. The van der Waals surface area contributed by atoms with Gasteiger partial charge in [-0.25, -0.2) is 0 Å². The number of carbonyl (C=O) groups excluding carboxylic acids is 3. The van der Waals surface area contributed by atoms with E-state index in [0.717, 1.165) is 12.8 Å². The third kappa shape index (κ3) is 8.12. The average Bonchev–Trinajstić information content (AvgIpc) is 2.72. The van der Waals surface area contributed by atoms with Gasteiger partial charge in [0.15, 0.2) is 0 Å². The molecule has 7 heteroatoms. The Labute approximate surface area is 184 Å². The van der Waals surface area contributed by atoms with Crippen LogP contribution in [0.1, 0.15) is 50.9 Å². The highest BCUT2D eigenvalue weighted by Gasteiger charge is 2.21. The summed E-state index contributed by atoms with van der Waals surface area (Å²) in [6.07, 6.45) is 1.93. The minimum Gasteiger partial charge on any atom is -0.376 e. The van der Waals surface area contributed by atoms with Crippen molar-refractivity contribution in [1.29, 1.82) is 0 Å². The summed E-state index contributed by atoms with van der Waals surface area (Å²) in [7, 11) is 0. The predicted octanol–water partition coefficient (Wildman–Crippen LogP) is 4.25. The van der Waals surface area contributed by atoms with Gasteiger partial charge in [0.2, 0.25) is 11.8 Å². The molecule has 3 amide bonds. The molecule has 0 heterocycles. The molecule has 0 aliphatic heterocycles. The average molecular weight is 425 g/mol. The fraction of sp³-hybridized carbons (Fsp3) is 0.375. The van der Waals surface area contributed by atoms with E-state index in [4.69, 9.17) is 0 Å². The van der Waals surface area contributed by atoms with Crippen molar-refractivity contribution in [3.05, 3.63) is 54.1 Å². The number of hydrogen-bond acceptors (Lipinski definition) is 4. The molecule has 0 aliphatic rings. The van der Waals surface area contributed by atoms with Gasteiger partial charge in [-0.2, -0.15) is 0 Å². The van der Waals surface area contributed by atoms with Gasteiger partial charge < -0.3 is 21.3 Å². The molecule has 7 nitrogen and oxygen atoms in total. The number of amides is 3. The van der Waals surface area contributed by atoms with Crippen LogP contribution < -0.4 is 21.3 Å². The zero-order chi connectivity index (χ0) is 22.9. The van der Waals surface area contributed by atoms with E-state index >= 15 is 0 Å². The van der Waals surface area contributed by atoms with E-state index in [0.29, 0.717) is 29.2 Å². The van der Waals surface area contributed by atoms with Gasteiger partial charge in [-0.05, 0) is 42.8 Å². The molecule has 0 aromatic heterocycles. The summed E-state index contributed by atoms with van der Waals surface area (Å²) in [4.78, 5) is 36.6. The molecule has 0 bridgehead atoms. The normalized spacial score (nSPS) is 10.8. The van der Waals surface area contributed by atoms with Crippen molar-refractivity contribution in [3.8, 4) is 0 Å². The molecule has 2 rings (SSSR count). The lowest BCUT2D eigenvalue weighted by atomic mass is 9.95. The van der Waals surface area contributed by atoms with Gasteiger partial charge in [-0.15, -0.1) is 0 Å². The molecule has 0 atom stereocenters. The molecule has 4 N–H and O–H groups in total. The molecular formula is C24H32N4O3. The monoisotopic (exact) mass is 424 g/mol. The SMILES string of the molecule is CCCCNC(=O)c1cccc(NC(=O)CNc2cccc(NC(=O)C(C)(C)C)c2)c1. The summed E-state index contributed by atoms with van der Waals surface area (Å²) < 4.78 is 0. The van der Waals surface area contributed by atoms with Gasteiger partial charge in [0.05, 0.1) is 6.54 Å². The standard InChI is InChI=1S/C24H32N4O3/c1-5-6-13-25-22(30)17-9-7-11-19(14-17)27-21(29)16-26-18-10-8-12-20(15-18)28-23(31)24(2,3)4/h7-12,14-15,26H,5-6,13,16H2,1-4H3,(H,25,30)(H,27,29)(H,28,31). The summed E-state index contributed by atoms with van der Waals surface area (Å²) in [5, 5.41) is 11.6. The number of anilines is 3. The Balaban J connectivity index is 1.90. The van der Waals surface area contributed by atoms with Crippen molar-refractivity contribution in [2.75, 3.05) is 29.0 Å². The van der Waals surface area contributed by atoms with E-state index in [2.05, 4.69) is 28.2 Å². The smallest absolute Gasteiger partial charge is 0.251 e. The topological polar surface area (TPSA) is 99.3 Å². The highest BCUT2D eigenvalue weighted by molar-refractivity contribution is 5.98. The fourth-order valence-electron chi connectivity index (χ4n) is 2.63. The molecule has 166 valence electrons. The maximum atomic E-state index is 12.3. The minimum atomic E-state index is -0.495. The van der Waals surface area contributed by atoms with Crippen molar-refractivity contribution in [1.82, 2.24) is 5.32 Å². The zero-order valence-electron chi connectivity index (χ0n) is 18.7. The van der Waals surface area contributed by atoms with E-state index in [-0.39, 0.29) is 24.3 Å². The van der Waals surface area contributed by atoms with Crippen LogP contribution in [0.3, 0.4) is 0 Å². The number of benzene rings is 2. The lowest BCUT2D eigenvalue weighted by Gasteiger charge is -2.18. The van der Waals surface area contributed by atoms with Gasteiger partial charge in [-0.3, -0.25) is 14.4 Å². The Kier molecular flexibility index (Phi) is 8.61. The van der Waals surface area contributed by atoms with Crippen molar-refractivity contribution in [3.63, 3.8) is 0 Å². The second-order valence-corrected chi connectivity index (χ2v) is 8.38. The molecule has 2 aromatic rings. The van der Waals surface area contributed by atoms with Crippen LogP contribution in [0, 0.1) is 5.41 Å². The first-order valence-electron chi connectivity index (χ1n) is 10.5. The van der Waals surface area contributed by atoms with Gasteiger partial charge in [-0.1, -0.05) is 46.2 Å². The van der Waals surface area contributed by atoms with Crippen molar-refractivity contribution < 1.29 is 14.4 Å². The van der Waals surface area contributed by atoms with Crippen LogP contribution in [-0.4, -0.2) is 30.8 Å². The lowest BCUT2D eigenvalue weighted by molar-refractivity contribution is -0.123. The Morgan fingerprint density at radius 1 is 0.871 bits per heavy atom. The maximum absolute atomic E-state index is 12.3. The summed E-state index contributed by atoms with van der Waals surface area (Å²) in [6, 6.07) is 14.0. The summed E-state index contributed by atoms with van der Waals surface area (Å²) in [5.74, 6) is -0.481. The van der Waals surface area contributed by atoms with Crippen molar-refractivity contribution >= 4 is 34.8 Å². The van der Waals surface area contributed by atoms with Gasteiger partial charge in [0.25, 0.3) is 5.91 Å². The summed E-state index contributed by atoms with van der Waals surface area (Å²) in [6.45, 7) is 8.28. The van der Waals surface area contributed by atoms with E-state index in [1.807, 2.05) is 26.8 Å². The number of nitrogens with one attached hydrogen (secondary N) is 4. The van der Waals surface area contributed by atoms with Crippen LogP contribution >= 0.6 is 0 Å². The van der Waals surface area contributed by atoms with Gasteiger partial charge in [0.1, 0.15) is 0 Å². The largest absolute Gasteiger partial charge is 0.376 e. The highest BCUT2D eigenvalue weighted by atomic mass is 16.2. The van der Waals surface area contributed by atoms with E-state index < -0.39 is 5.41 Å². The molecule has 0 radical (unpaired) electrons. The Morgan fingerprint density at radius 3 is 2.19 bits per heavy atom. The van der Waals surface area contributed by atoms with Crippen LogP contribution in [0.25, 0.3) is 0 Å². The number of carbonyl (C=O) groups is 3. The molecule has 2 aromatic carbocycles. The Bertz CT molecular complexity index is 919.